The number of carbonyl (C=O) groups excluding carboxylic acids is 1. The zero-order chi connectivity index (χ0) is 22.3. The second kappa shape index (κ2) is 10.3. The van der Waals surface area contributed by atoms with Gasteiger partial charge in [0, 0.05) is 12.8 Å². The molecule has 0 saturated carbocycles. The zero-order valence-corrected chi connectivity index (χ0v) is 18.5. The molecular weight excluding hydrogens is 402 g/mol. The predicted octanol–water partition coefficient (Wildman–Crippen LogP) is 4.64. The molecule has 166 valence electrons. The van der Waals surface area contributed by atoms with E-state index in [0.717, 1.165) is 22.3 Å². The van der Waals surface area contributed by atoms with E-state index in [1.54, 1.807) is 14.2 Å². The van der Waals surface area contributed by atoms with Gasteiger partial charge in [0.25, 0.3) is 0 Å². The van der Waals surface area contributed by atoms with Gasteiger partial charge < -0.3 is 19.5 Å². The van der Waals surface area contributed by atoms with Crippen molar-refractivity contribution in [1.82, 2.24) is 5.32 Å². The first kappa shape index (κ1) is 21.9. The van der Waals surface area contributed by atoms with Gasteiger partial charge in [-0.2, -0.15) is 0 Å². The standard InChI is InChI=1S/C27H29NO4/c1-30-23-15-21-16-25(32-18-20-11-7-4-8-12-20)27(22(21)17-24(23)31-2)28-26(29)14-13-19-9-5-3-6-10-19/h3-12,15,17,25,27H,13-14,16,18H2,1-2H3,(H,28,29)/t25-,27-/m1/s1. The van der Waals surface area contributed by atoms with Crippen LogP contribution in [0, 0.1) is 0 Å². The van der Waals surface area contributed by atoms with E-state index < -0.39 is 0 Å². The quantitative estimate of drug-likeness (QED) is 0.537. The molecule has 1 amide bonds. The minimum Gasteiger partial charge on any atom is -0.493 e. The Morgan fingerprint density at radius 3 is 2.19 bits per heavy atom. The largest absolute Gasteiger partial charge is 0.493 e. The molecule has 32 heavy (non-hydrogen) atoms. The highest BCUT2D eigenvalue weighted by Gasteiger charge is 2.35. The highest BCUT2D eigenvalue weighted by atomic mass is 16.5. The van der Waals surface area contributed by atoms with Crippen molar-refractivity contribution in [3.05, 3.63) is 95.1 Å². The average Bonchev–Trinajstić information content (AvgIpc) is 3.17. The van der Waals surface area contributed by atoms with Gasteiger partial charge in [0.1, 0.15) is 0 Å². The van der Waals surface area contributed by atoms with Crippen molar-refractivity contribution in [3.63, 3.8) is 0 Å². The molecule has 3 aromatic rings. The maximum atomic E-state index is 12.9. The van der Waals surface area contributed by atoms with Crippen LogP contribution in [0.4, 0.5) is 0 Å². The molecule has 0 aliphatic heterocycles. The topological polar surface area (TPSA) is 56.8 Å². The van der Waals surface area contributed by atoms with Crippen molar-refractivity contribution >= 4 is 5.91 Å². The Hall–Kier alpha value is -3.31. The molecule has 0 bridgehead atoms. The molecule has 0 spiro atoms. The summed E-state index contributed by atoms with van der Waals surface area (Å²) >= 11 is 0. The molecule has 0 aromatic heterocycles. The Kier molecular flexibility index (Phi) is 7.07. The van der Waals surface area contributed by atoms with E-state index in [1.807, 2.05) is 72.8 Å². The minimum atomic E-state index is -0.239. The molecule has 5 heteroatoms. The van der Waals surface area contributed by atoms with Crippen molar-refractivity contribution in [3.8, 4) is 11.5 Å². The van der Waals surface area contributed by atoms with Gasteiger partial charge in [0.05, 0.1) is 33.0 Å². The summed E-state index contributed by atoms with van der Waals surface area (Å²) in [4.78, 5) is 12.9. The monoisotopic (exact) mass is 431 g/mol. The summed E-state index contributed by atoms with van der Waals surface area (Å²) in [7, 11) is 3.25. The Balaban J connectivity index is 1.51. The lowest BCUT2D eigenvalue weighted by Gasteiger charge is -2.23. The van der Waals surface area contributed by atoms with Crippen LogP contribution in [0.5, 0.6) is 11.5 Å². The van der Waals surface area contributed by atoms with Crippen LogP contribution in [0.3, 0.4) is 0 Å². The van der Waals surface area contributed by atoms with E-state index in [-0.39, 0.29) is 18.1 Å². The van der Waals surface area contributed by atoms with E-state index in [0.29, 0.717) is 37.4 Å². The summed E-state index contributed by atoms with van der Waals surface area (Å²) in [5.74, 6) is 1.34. The molecule has 1 aliphatic rings. The fraction of sp³-hybridized carbons (Fsp3) is 0.296. The fourth-order valence-electron chi connectivity index (χ4n) is 4.19. The molecule has 1 aliphatic carbocycles. The first-order valence-electron chi connectivity index (χ1n) is 10.9. The van der Waals surface area contributed by atoms with Crippen LogP contribution < -0.4 is 14.8 Å². The molecule has 2 atom stereocenters. The molecule has 0 heterocycles. The molecule has 5 nitrogen and oxygen atoms in total. The van der Waals surface area contributed by atoms with Gasteiger partial charge in [0.15, 0.2) is 11.5 Å². The normalized spacial score (nSPS) is 16.9. The number of aryl methyl sites for hydroxylation is 1. The van der Waals surface area contributed by atoms with Crippen LogP contribution in [-0.4, -0.2) is 26.2 Å². The van der Waals surface area contributed by atoms with Crippen molar-refractivity contribution < 1.29 is 19.0 Å². The number of benzene rings is 3. The smallest absolute Gasteiger partial charge is 0.220 e. The molecule has 0 saturated heterocycles. The molecule has 0 unspecified atom stereocenters. The van der Waals surface area contributed by atoms with E-state index in [2.05, 4.69) is 5.32 Å². The van der Waals surface area contributed by atoms with Crippen LogP contribution >= 0.6 is 0 Å². The lowest BCUT2D eigenvalue weighted by molar-refractivity contribution is -0.123. The number of rotatable bonds is 9. The predicted molar refractivity (Wildman–Crippen MR) is 124 cm³/mol. The van der Waals surface area contributed by atoms with Gasteiger partial charge in [-0.15, -0.1) is 0 Å². The number of methoxy groups -OCH3 is 2. The number of hydrogen-bond acceptors (Lipinski definition) is 4. The van der Waals surface area contributed by atoms with Crippen LogP contribution in [0.25, 0.3) is 0 Å². The van der Waals surface area contributed by atoms with E-state index in [1.165, 1.54) is 0 Å². The van der Waals surface area contributed by atoms with Gasteiger partial charge in [-0.3, -0.25) is 4.79 Å². The van der Waals surface area contributed by atoms with Crippen molar-refractivity contribution in [1.29, 1.82) is 0 Å². The lowest BCUT2D eigenvalue weighted by atomic mass is 10.1. The number of nitrogens with one attached hydrogen (secondary N) is 1. The first-order valence-corrected chi connectivity index (χ1v) is 10.9. The molecule has 1 N–H and O–H groups in total. The molecular formula is C27H29NO4. The first-order chi connectivity index (χ1) is 15.7. The van der Waals surface area contributed by atoms with E-state index in [9.17, 15) is 4.79 Å². The van der Waals surface area contributed by atoms with Crippen molar-refractivity contribution in [2.75, 3.05) is 14.2 Å². The molecule has 0 fully saturated rings. The maximum Gasteiger partial charge on any atom is 0.220 e. The van der Waals surface area contributed by atoms with Gasteiger partial charge in [0.2, 0.25) is 5.91 Å². The Morgan fingerprint density at radius 1 is 0.906 bits per heavy atom. The summed E-state index contributed by atoms with van der Waals surface area (Å²) < 4.78 is 17.3. The second-order valence-electron chi connectivity index (χ2n) is 7.98. The van der Waals surface area contributed by atoms with Crippen molar-refractivity contribution in [2.24, 2.45) is 0 Å². The van der Waals surface area contributed by atoms with Gasteiger partial charge >= 0.3 is 0 Å². The molecule has 0 radical (unpaired) electrons. The summed E-state index contributed by atoms with van der Waals surface area (Å²) in [6.07, 6.45) is 1.66. The number of amides is 1. The number of hydrogen-bond donors (Lipinski definition) is 1. The summed E-state index contributed by atoms with van der Waals surface area (Å²) in [6, 6.07) is 23.8. The highest BCUT2D eigenvalue weighted by Crippen LogP contribution is 2.40. The van der Waals surface area contributed by atoms with Crippen LogP contribution in [0.15, 0.2) is 72.8 Å². The third kappa shape index (κ3) is 5.11. The average molecular weight is 432 g/mol. The Bertz CT molecular complexity index is 1040. The third-order valence-corrected chi connectivity index (χ3v) is 5.88. The second-order valence-corrected chi connectivity index (χ2v) is 7.98. The summed E-state index contributed by atoms with van der Waals surface area (Å²) in [5.41, 5.74) is 4.38. The van der Waals surface area contributed by atoms with Gasteiger partial charge in [-0.1, -0.05) is 60.7 Å². The SMILES string of the molecule is COc1cc2c(cc1OC)[C@@H](NC(=O)CCc1ccccc1)[C@H](OCc1ccccc1)C2. The number of carbonyl (C=O) groups is 1. The summed E-state index contributed by atoms with van der Waals surface area (Å²) in [5, 5.41) is 3.22. The van der Waals surface area contributed by atoms with Crippen LogP contribution in [0.2, 0.25) is 0 Å². The number of ether oxygens (including phenoxy) is 3. The Morgan fingerprint density at radius 2 is 1.53 bits per heavy atom. The van der Waals surface area contributed by atoms with Crippen LogP contribution in [-0.2, 0) is 29.0 Å². The molecule has 3 aromatic carbocycles. The summed E-state index contributed by atoms with van der Waals surface area (Å²) in [6.45, 7) is 0.490. The van der Waals surface area contributed by atoms with Crippen molar-refractivity contribution in [2.45, 2.75) is 38.0 Å². The van der Waals surface area contributed by atoms with Gasteiger partial charge in [-0.05, 0) is 40.8 Å². The zero-order valence-electron chi connectivity index (χ0n) is 18.5. The lowest BCUT2D eigenvalue weighted by Crippen LogP contribution is -2.35. The fourth-order valence-corrected chi connectivity index (χ4v) is 4.19. The minimum absolute atomic E-state index is 0.00907. The number of fused-ring (bicyclic) bond motifs is 1. The van der Waals surface area contributed by atoms with E-state index >= 15 is 0 Å². The van der Waals surface area contributed by atoms with Crippen LogP contribution in [0.1, 0.15) is 34.7 Å². The van der Waals surface area contributed by atoms with E-state index in [4.69, 9.17) is 14.2 Å². The molecule has 4 rings (SSSR count). The van der Waals surface area contributed by atoms with Gasteiger partial charge in [-0.25, -0.2) is 0 Å². The third-order valence-electron chi connectivity index (χ3n) is 5.88. The highest BCUT2D eigenvalue weighted by molar-refractivity contribution is 5.77. The maximum absolute atomic E-state index is 12.9. The Labute approximate surface area is 189 Å².